The lowest BCUT2D eigenvalue weighted by Crippen LogP contribution is -1.74. The van der Waals surface area contributed by atoms with Gasteiger partial charge in [-0.05, 0) is 6.42 Å². The highest BCUT2D eigenvalue weighted by molar-refractivity contribution is 6.07. The van der Waals surface area contributed by atoms with Gasteiger partial charge in [0.15, 0.2) is 0 Å². The molecule has 0 saturated heterocycles. The molecule has 0 bridgehead atoms. The van der Waals surface area contributed by atoms with Crippen LogP contribution in [0.15, 0.2) is 0 Å². The van der Waals surface area contributed by atoms with Crippen molar-refractivity contribution in [2.75, 3.05) is 6.61 Å². The van der Waals surface area contributed by atoms with E-state index >= 15 is 0 Å². The van der Waals surface area contributed by atoms with Gasteiger partial charge in [0, 0.05) is 0 Å². The molecular weight excluding hydrogens is 101 g/mol. The maximum Gasteiger partial charge on any atom is 0.0679 e. The van der Waals surface area contributed by atoms with Gasteiger partial charge in [-0.15, -0.1) is 0 Å². The fourth-order valence-electron chi connectivity index (χ4n) is 0.0772. The zero-order valence-electron chi connectivity index (χ0n) is 3.91. The second-order valence-electron chi connectivity index (χ2n) is 0.813. The van der Waals surface area contributed by atoms with Crippen molar-refractivity contribution in [3.8, 4) is 0 Å². The van der Waals surface area contributed by atoms with Crippen molar-refractivity contribution in [2.24, 2.45) is 0 Å². The molecule has 0 fully saturated rings. The quantitative estimate of drug-likeness (QED) is 0.590. The average molecular weight is 112 g/mol. The molecule has 6 heavy (non-hydrogen) atoms. The van der Waals surface area contributed by atoms with Gasteiger partial charge in [-0.25, -0.2) is 0 Å². The lowest BCUT2D eigenvalue weighted by Gasteiger charge is -1.80. The van der Waals surface area contributed by atoms with Crippen LogP contribution in [-0.2, 0) is 4.29 Å². The second-order valence-corrected chi connectivity index (χ2v) is 1.03. The molecule has 0 atom stereocenters. The maximum atomic E-state index is 4.80. The van der Waals surface area contributed by atoms with Gasteiger partial charge in [-0.3, -0.25) is 4.29 Å². The molecule has 0 aromatic carbocycles. The molecule has 0 aliphatic carbocycles. The first-order valence-corrected chi connectivity index (χ1v) is 1.96. The molecule has 0 aliphatic heterocycles. The Morgan fingerprint density at radius 1 is 1.67 bits per heavy atom. The van der Waals surface area contributed by atoms with E-state index in [0.717, 1.165) is 6.42 Å². The third kappa shape index (κ3) is 8.88. The molecule has 0 saturated carbocycles. The molecule has 0 spiro atoms. The minimum Gasteiger partial charge on any atom is -0.344 e. The maximum absolute atomic E-state index is 4.80. The van der Waals surface area contributed by atoms with Crippen molar-refractivity contribution in [1.82, 2.24) is 6.15 Å². The summed E-state index contributed by atoms with van der Waals surface area (Å²) in [6, 6.07) is 0. The Balaban J connectivity index is 0. The van der Waals surface area contributed by atoms with E-state index in [2.05, 4.69) is 4.29 Å². The normalized spacial score (nSPS) is 7.00. The van der Waals surface area contributed by atoms with Gasteiger partial charge < -0.3 is 6.15 Å². The summed E-state index contributed by atoms with van der Waals surface area (Å²) in [5, 5.41) is 0. The van der Waals surface area contributed by atoms with Crippen LogP contribution in [0.5, 0.6) is 0 Å². The minimum absolute atomic E-state index is 0. The second kappa shape index (κ2) is 8.96. The zero-order valence-corrected chi connectivity index (χ0v) is 4.66. The molecule has 0 rings (SSSR count). The van der Waals surface area contributed by atoms with Crippen molar-refractivity contribution < 1.29 is 4.29 Å². The topological polar surface area (TPSA) is 44.2 Å². The van der Waals surface area contributed by atoms with Gasteiger partial charge in [0.1, 0.15) is 0 Å². The Bertz CT molecular complexity index is 18.3. The molecule has 40 valence electrons. The van der Waals surface area contributed by atoms with Crippen LogP contribution in [-0.4, -0.2) is 6.61 Å². The summed E-state index contributed by atoms with van der Waals surface area (Å²) in [7, 11) is 0. The summed E-state index contributed by atoms with van der Waals surface area (Å²) in [6.45, 7) is 2.66. The first-order chi connectivity index (χ1) is 2.41. The van der Waals surface area contributed by atoms with Gasteiger partial charge >= 0.3 is 0 Å². The average Bonchev–Trinajstić information content (AvgIpc) is 1.41. The standard InChI is InChI=1S/C3H7ClO.H3N/c1-2-3-5-4;/h2-3H2,1H3;1H3. The fourth-order valence-corrected chi connectivity index (χ4v) is 0.231. The highest BCUT2D eigenvalue weighted by atomic mass is 35.5. The number of halogens is 1. The largest absolute Gasteiger partial charge is 0.344 e. The van der Waals surface area contributed by atoms with Crippen LogP contribution in [0.3, 0.4) is 0 Å². The Morgan fingerprint density at radius 3 is 2.17 bits per heavy atom. The van der Waals surface area contributed by atoms with Crippen LogP contribution in [0.1, 0.15) is 13.3 Å². The Labute approximate surface area is 43.2 Å². The van der Waals surface area contributed by atoms with E-state index in [0.29, 0.717) is 6.61 Å². The summed E-state index contributed by atoms with van der Waals surface area (Å²) in [6.07, 6.45) is 0.990. The third-order valence-corrected chi connectivity index (χ3v) is 0.436. The van der Waals surface area contributed by atoms with Crippen molar-refractivity contribution >= 4 is 11.9 Å². The van der Waals surface area contributed by atoms with Crippen molar-refractivity contribution in [3.05, 3.63) is 0 Å². The summed E-state index contributed by atoms with van der Waals surface area (Å²) < 4.78 is 4.16. The monoisotopic (exact) mass is 111 g/mol. The van der Waals surface area contributed by atoms with E-state index in [4.69, 9.17) is 11.9 Å². The molecule has 0 aromatic heterocycles. The van der Waals surface area contributed by atoms with Crippen LogP contribution in [0.25, 0.3) is 0 Å². The lowest BCUT2D eigenvalue weighted by molar-refractivity contribution is 0.351. The van der Waals surface area contributed by atoms with Gasteiger partial charge in [0.25, 0.3) is 0 Å². The summed E-state index contributed by atoms with van der Waals surface area (Å²) >= 11 is 4.80. The van der Waals surface area contributed by atoms with E-state index < -0.39 is 0 Å². The molecule has 2 nitrogen and oxygen atoms in total. The molecule has 0 aliphatic rings. The van der Waals surface area contributed by atoms with Crippen LogP contribution in [0, 0.1) is 0 Å². The molecule has 0 amide bonds. The first kappa shape index (κ1) is 9.51. The van der Waals surface area contributed by atoms with E-state index in [1.54, 1.807) is 0 Å². The van der Waals surface area contributed by atoms with Crippen LogP contribution in [0.2, 0.25) is 0 Å². The zero-order chi connectivity index (χ0) is 4.12. The van der Waals surface area contributed by atoms with E-state index in [1.165, 1.54) is 0 Å². The molecule has 3 N–H and O–H groups in total. The van der Waals surface area contributed by atoms with Crippen LogP contribution in [0.4, 0.5) is 0 Å². The Morgan fingerprint density at radius 2 is 2.17 bits per heavy atom. The van der Waals surface area contributed by atoms with Gasteiger partial charge in [0.2, 0.25) is 0 Å². The molecule has 0 heterocycles. The van der Waals surface area contributed by atoms with Crippen molar-refractivity contribution in [3.63, 3.8) is 0 Å². The van der Waals surface area contributed by atoms with E-state index in [-0.39, 0.29) is 6.15 Å². The lowest BCUT2D eigenvalue weighted by atomic mass is 10.5. The summed E-state index contributed by atoms with van der Waals surface area (Å²) in [4.78, 5) is 0. The molecule has 0 aromatic rings. The van der Waals surface area contributed by atoms with Crippen molar-refractivity contribution in [1.29, 1.82) is 0 Å². The number of rotatable bonds is 2. The molecule has 3 heteroatoms. The van der Waals surface area contributed by atoms with E-state index in [9.17, 15) is 0 Å². The van der Waals surface area contributed by atoms with Crippen LogP contribution >= 0.6 is 11.9 Å². The third-order valence-electron chi connectivity index (χ3n) is 0.281. The minimum atomic E-state index is 0. The first-order valence-electron chi connectivity index (χ1n) is 1.65. The predicted octanol–water partition coefficient (Wildman–Crippen LogP) is 1.73. The van der Waals surface area contributed by atoms with Gasteiger partial charge in [-0.2, -0.15) is 0 Å². The molecular formula is C3H10ClNO. The Kier molecular flexibility index (Phi) is 14.2. The highest BCUT2D eigenvalue weighted by Crippen LogP contribution is 1.80. The predicted molar refractivity (Wildman–Crippen MR) is 27.1 cm³/mol. The summed E-state index contributed by atoms with van der Waals surface area (Å²) in [5.41, 5.74) is 0. The Hall–Kier alpha value is 0.210. The van der Waals surface area contributed by atoms with E-state index in [1.807, 2.05) is 6.92 Å². The highest BCUT2D eigenvalue weighted by Gasteiger charge is 1.69. The van der Waals surface area contributed by atoms with Crippen LogP contribution < -0.4 is 6.15 Å². The number of hydrogen-bond donors (Lipinski definition) is 1. The number of hydrogen-bond acceptors (Lipinski definition) is 2. The smallest absolute Gasteiger partial charge is 0.0679 e. The van der Waals surface area contributed by atoms with Gasteiger partial charge in [0.05, 0.1) is 18.5 Å². The van der Waals surface area contributed by atoms with Gasteiger partial charge in [-0.1, -0.05) is 6.92 Å². The van der Waals surface area contributed by atoms with Crippen molar-refractivity contribution in [2.45, 2.75) is 13.3 Å². The molecule has 0 radical (unpaired) electrons. The SMILES string of the molecule is CCCOCl.N. The molecule has 0 unspecified atom stereocenters. The fraction of sp³-hybridized carbons (Fsp3) is 1.00. The summed E-state index contributed by atoms with van der Waals surface area (Å²) in [5.74, 6) is 0.